The Balaban J connectivity index is 1.32. The number of anilines is 4. The molecule has 2 aliphatic heterocycles. The molecule has 234 valence electrons. The lowest BCUT2D eigenvalue weighted by molar-refractivity contribution is -0.541. The Morgan fingerprint density at radius 3 is 1.86 bits per heavy atom. The van der Waals surface area contributed by atoms with Crippen molar-refractivity contribution in [3.05, 3.63) is 198 Å². The number of nitrogens with zero attached hydrogens (tertiary/aromatic N) is 3. The van der Waals surface area contributed by atoms with Crippen molar-refractivity contribution in [2.45, 2.75) is 0 Å². The van der Waals surface area contributed by atoms with Crippen LogP contribution in [0.15, 0.2) is 182 Å². The van der Waals surface area contributed by atoms with Crippen LogP contribution in [0.4, 0.5) is 31.4 Å². The molecule has 49 heavy (non-hydrogen) atoms. The molecule has 0 spiro atoms. The van der Waals surface area contributed by atoms with Crippen LogP contribution >= 0.6 is 0 Å². The number of pyridine rings is 1. The van der Waals surface area contributed by atoms with E-state index in [1.165, 1.54) is 9.29 Å². The standard InChI is InChI=1S/C43H30BF2N3/c45-44(46)48-39-25-12-10-15-31(39)27-28-41(48)43(32-16-4-1-5-17-32)42-30-38(37-24-11-13-26-40(37)49(42)44)33-18-14-23-36(29-33)47(34-19-6-2-7-20-34)35-21-8-3-9-22-35/h1-30H. The third-order valence-electron chi connectivity index (χ3n) is 9.51. The molecule has 0 saturated carbocycles. The molecule has 0 aliphatic carbocycles. The van der Waals surface area contributed by atoms with Crippen LogP contribution in [0.5, 0.6) is 0 Å². The maximum Gasteiger partial charge on any atom is 0.737 e. The molecule has 9 rings (SSSR count). The first-order valence-electron chi connectivity index (χ1n) is 16.5. The summed E-state index contributed by atoms with van der Waals surface area (Å²) in [6, 6.07) is 55.7. The number of para-hydroxylation sites is 4. The van der Waals surface area contributed by atoms with Gasteiger partial charge in [0, 0.05) is 51.5 Å². The predicted molar refractivity (Wildman–Crippen MR) is 198 cm³/mol. The van der Waals surface area contributed by atoms with Crippen LogP contribution in [0.2, 0.25) is 0 Å². The Morgan fingerprint density at radius 2 is 1.12 bits per heavy atom. The number of fused-ring (bicyclic) bond motifs is 6. The van der Waals surface area contributed by atoms with Gasteiger partial charge in [-0.15, -0.1) is 0 Å². The Hall–Kier alpha value is -6.27. The molecule has 0 radical (unpaired) electrons. The van der Waals surface area contributed by atoms with Crippen molar-refractivity contribution < 1.29 is 13.1 Å². The zero-order valence-corrected chi connectivity index (χ0v) is 26.5. The highest BCUT2D eigenvalue weighted by Crippen LogP contribution is 2.45. The SMILES string of the molecule is F[B-]1(F)N2C(=C(c3ccccc3)c3cc(-c4cccc(N(c5ccccc5)c5ccccc5)c4)c4ccccc4[n+]31)C=Cc1ccccc12. The number of hydrogen-bond acceptors (Lipinski definition) is 2. The molecule has 7 aromatic rings. The van der Waals surface area contributed by atoms with Crippen LogP contribution in [0.25, 0.3) is 33.7 Å². The minimum absolute atomic E-state index is 0.480. The molecule has 0 amide bonds. The van der Waals surface area contributed by atoms with Crippen LogP contribution in [-0.2, 0) is 0 Å². The molecule has 6 aromatic carbocycles. The maximum absolute atomic E-state index is 17.4. The van der Waals surface area contributed by atoms with Crippen molar-refractivity contribution in [3.63, 3.8) is 0 Å². The fourth-order valence-corrected chi connectivity index (χ4v) is 7.42. The normalized spacial score (nSPS) is 14.3. The monoisotopic (exact) mass is 637 g/mol. The average Bonchev–Trinajstić information content (AvgIpc) is 3.15. The summed E-state index contributed by atoms with van der Waals surface area (Å²) >= 11 is 0. The van der Waals surface area contributed by atoms with E-state index in [9.17, 15) is 0 Å². The summed E-state index contributed by atoms with van der Waals surface area (Å²) < 4.78 is 36.1. The van der Waals surface area contributed by atoms with Gasteiger partial charge in [0.05, 0.1) is 5.57 Å². The number of allylic oxidation sites excluding steroid dienone is 1. The van der Waals surface area contributed by atoms with E-state index in [4.69, 9.17) is 0 Å². The number of hydrogen-bond donors (Lipinski definition) is 0. The highest BCUT2D eigenvalue weighted by molar-refractivity contribution is 6.64. The van der Waals surface area contributed by atoms with Crippen LogP contribution < -0.4 is 14.2 Å². The molecule has 0 atom stereocenters. The largest absolute Gasteiger partial charge is 0.737 e. The van der Waals surface area contributed by atoms with Gasteiger partial charge >= 0.3 is 6.97 Å². The van der Waals surface area contributed by atoms with Crippen molar-refractivity contribution in [2.75, 3.05) is 9.71 Å². The predicted octanol–water partition coefficient (Wildman–Crippen LogP) is 10.8. The van der Waals surface area contributed by atoms with Crippen molar-refractivity contribution >= 4 is 52.3 Å². The van der Waals surface area contributed by atoms with Gasteiger partial charge in [0.2, 0.25) is 0 Å². The van der Waals surface area contributed by atoms with Gasteiger partial charge in [-0.25, -0.2) is 0 Å². The third-order valence-corrected chi connectivity index (χ3v) is 9.51. The molecule has 2 aliphatic rings. The van der Waals surface area contributed by atoms with Crippen LogP contribution in [0.3, 0.4) is 0 Å². The topological polar surface area (TPSA) is 10.4 Å². The first kappa shape index (κ1) is 28.9. The number of halogens is 2. The molecule has 0 unspecified atom stereocenters. The second-order valence-corrected chi connectivity index (χ2v) is 12.4. The van der Waals surface area contributed by atoms with Gasteiger partial charge in [-0.1, -0.05) is 115 Å². The molecule has 0 saturated heterocycles. The summed E-state index contributed by atoms with van der Waals surface area (Å²) in [5.41, 5.74) is 9.21. The van der Waals surface area contributed by atoms with E-state index in [1.54, 1.807) is 6.07 Å². The lowest BCUT2D eigenvalue weighted by atomic mass is 9.78. The van der Waals surface area contributed by atoms with Gasteiger partial charge in [0.25, 0.3) is 0 Å². The van der Waals surface area contributed by atoms with E-state index in [2.05, 4.69) is 47.4 Å². The molecule has 0 bridgehead atoms. The van der Waals surface area contributed by atoms with Gasteiger partial charge in [-0.3, -0.25) is 0 Å². The number of benzene rings is 6. The Morgan fingerprint density at radius 1 is 0.531 bits per heavy atom. The minimum Gasteiger partial charge on any atom is -0.389 e. The van der Waals surface area contributed by atoms with Gasteiger partial charge in [0.1, 0.15) is 0 Å². The molecule has 0 fully saturated rings. The van der Waals surface area contributed by atoms with Crippen LogP contribution in [0, 0.1) is 0 Å². The first-order chi connectivity index (χ1) is 24.1. The summed E-state index contributed by atoms with van der Waals surface area (Å²) in [5, 5.41) is 0.757. The van der Waals surface area contributed by atoms with E-state index >= 15 is 8.63 Å². The van der Waals surface area contributed by atoms with Crippen molar-refractivity contribution in [3.8, 4) is 11.1 Å². The summed E-state index contributed by atoms with van der Waals surface area (Å²) in [6.45, 7) is -4.29. The number of rotatable bonds is 5. The molecular weight excluding hydrogens is 607 g/mol. The van der Waals surface area contributed by atoms with E-state index in [1.807, 2.05) is 133 Å². The second-order valence-electron chi connectivity index (χ2n) is 12.4. The van der Waals surface area contributed by atoms with Crippen molar-refractivity contribution in [1.29, 1.82) is 0 Å². The lowest BCUT2D eigenvalue weighted by Crippen LogP contribution is -2.73. The van der Waals surface area contributed by atoms with Gasteiger partial charge in [-0.2, -0.15) is 0 Å². The van der Waals surface area contributed by atoms with Crippen LogP contribution in [-0.4, -0.2) is 6.97 Å². The summed E-state index contributed by atoms with van der Waals surface area (Å²) in [5.74, 6) is 0. The molecular formula is C43H30BF2N3. The van der Waals surface area contributed by atoms with Gasteiger partial charge < -0.3 is 22.8 Å². The Labute approximate surface area is 284 Å². The average molecular weight is 638 g/mol. The van der Waals surface area contributed by atoms with Gasteiger partial charge in [-0.05, 0) is 71.3 Å². The van der Waals surface area contributed by atoms with Crippen LogP contribution in [0.1, 0.15) is 16.8 Å². The Kier molecular flexibility index (Phi) is 6.76. The van der Waals surface area contributed by atoms with E-state index in [0.29, 0.717) is 22.6 Å². The Bertz CT molecular complexity index is 2390. The van der Waals surface area contributed by atoms with E-state index in [-0.39, 0.29) is 0 Å². The highest BCUT2D eigenvalue weighted by Gasteiger charge is 2.56. The zero-order valence-electron chi connectivity index (χ0n) is 26.5. The van der Waals surface area contributed by atoms with Gasteiger partial charge in [0.15, 0.2) is 11.2 Å². The fourth-order valence-electron chi connectivity index (χ4n) is 7.42. The maximum atomic E-state index is 17.4. The molecule has 0 N–H and O–H groups in total. The van der Waals surface area contributed by atoms with Crippen molar-refractivity contribution in [1.82, 2.24) is 0 Å². The zero-order chi connectivity index (χ0) is 33.0. The van der Waals surface area contributed by atoms with E-state index < -0.39 is 6.97 Å². The van der Waals surface area contributed by atoms with E-state index in [0.717, 1.165) is 50.3 Å². The molecule has 3 heterocycles. The summed E-state index contributed by atoms with van der Waals surface area (Å²) in [4.78, 5) is 3.48. The molecule has 1 aromatic heterocycles. The minimum atomic E-state index is -4.29. The fraction of sp³-hybridized carbons (Fsp3) is 0. The molecule has 3 nitrogen and oxygen atoms in total. The lowest BCUT2D eigenvalue weighted by Gasteiger charge is -2.44. The quantitative estimate of drug-likeness (QED) is 0.174. The third kappa shape index (κ3) is 4.67. The summed E-state index contributed by atoms with van der Waals surface area (Å²) in [6.07, 6.45) is 3.79. The summed E-state index contributed by atoms with van der Waals surface area (Å²) in [7, 11) is 0. The smallest absolute Gasteiger partial charge is 0.389 e. The molecule has 6 heteroatoms. The first-order valence-corrected chi connectivity index (χ1v) is 16.5. The highest BCUT2D eigenvalue weighted by atomic mass is 19.2. The second kappa shape index (κ2) is 11.5. The van der Waals surface area contributed by atoms with Crippen molar-refractivity contribution in [2.24, 2.45) is 0 Å². The number of aromatic nitrogens is 1.